The molecule has 2 heterocycles. The molecule has 8 heteroatoms. The number of benzene rings is 2. The van der Waals surface area contributed by atoms with Gasteiger partial charge in [-0.2, -0.15) is 0 Å². The van der Waals surface area contributed by atoms with Crippen LogP contribution in [0.4, 0.5) is 20.7 Å². The summed E-state index contributed by atoms with van der Waals surface area (Å²) in [7, 11) is 3.66. The molecular formula is C33H40FN5O2. The number of aryl methyl sites for hydroxylation is 2. The zero-order chi connectivity index (χ0) is 29.7. The van der Waals surface area contributed by atoms with Crippen molar-refractivity contribution in [2.75, 3.05) is 30.9 Å². The van der Waals surface area contributed by atoms with E-state index in [2.05, 4.69) is 49.3 Å². The van der Waals surface area contributed by atoms with Gasteiger partial charge < -0.3 is 20.3 Å². The number of hydrogen-bond acceptors (Lipinski definition) is 5. The van der Waals surface area contributed by atoms with E-state index in [1.165, 1.54) is 6.07 Å². The maximum atomic E-state index is 14.9. The Labute approximate surface area is 242 Å². The van der Waals surface area contributed by atoms with E-state index in [4.69, 9.17) is 14.7 Å². The highest BCUT2D eigenvalue weighted by Crippen LogP contribution is 2.33. The van der Waals surface area contributed by atoms with Crippen LogP contribution in [0.25, 0.3) is 22.0 Å². The molecule has 0 radical (unpaired) electrons. The monoisotopic (exact) mass is 557 g/mol. The molecule has 4 aromatic rings. The van der Waals surface area contributed by atoms with Gasteiger partial charge in [0, 0.05) is 49.0 Å². The summed E-state index contributed by atoms with van der Waals surface area (Å²) >= 11 is 0. The van der Waals surface area contributed by atoms with Gasteiger partial charge in [-0.05, 0) is 72.2 Å². The van der Waals surface area contributed by atoms with Crippen LogP contribution in [-0.4, -0.2) is 36.7 Å². The Hall–Kier alpha value is -4.20. The van der Waals surface area contributed by atoms with Gasteiger partial charge in [-0.15, -0.1) is 0 Å². The van der Waals surface area contributed by atoms with Crippen LogP contribution >= 0.6 is 0 Å². The molecular weight excluding hydrogens is 517 g/mol. The number of urea groups is 1. The van der Waals surface area contributed by atoms with Crippen LogP contribution in [0.5, 0.6) is 5.75 Å². The zero-order valence-corrected chi connectivity index (χ0v) is 25.1. The number of rotatable bonds is 9. The maximum Gasteiger partial charge on any atom is 0.319 e. The molecule has 0 atom stereocenters. The molecule has 2 aromatic heterocycles. The van der Waals surface area contributed by atoms with Crippen molar-refractivity contribution in [2.45, 2.75) is 54.0 Å². The molecule has 0 saturated heterocycles. The largest absolute Gasteiger partial charge is 0.497 e. The van der Waals surface area contributed by atoms with Gasteiger partial charge in [0.05, 0.1) is 18.3 Å². The van der Waals surface area contributed by atoms with Crippen molar-refractivity contribution in [3.63, 3.8) is 0 Å². The highest BCUT2D eigenvalue weighted by atomic mass is 19.1. The summed E-state index contributed by atoms with van der Waals surface area (Å²) in [6, 6.07) is 14.8. The second-order valence-electron chi connectivity index (χ2n) is 11.6. The molecule has 7 nitrogen and oxygen atoms in total. The number of fused-ring (bicyclic) bond motifs is 1. The van der Waals surface area contributed by atoms with Crippen molar-refractivity contribution >= 4 is 28.4 Å². The average Bonchev–Trinajstić information content (AvgIpc) is 2.93. The lowest BCUT2D eigenvalue weighted by atomic mass is 9.92. The Morgan fingerprint density at radius 1 is 1.07 bits per heavy atom. The summed E-state index contributed by atoms with van der Waals surface area (Å²) in [6.45, 7) is 11.4. The van der Waals surface area contributed by atoms with Crippen LogP contribution in [-0.2, 0) is 13.0 Å². The number of anilines is 2. The first kappa shape index (κ1) is 29.8. The van der Waals surface area contributed by atoms with E-state index < -0.39 is 11.8 Å². The minimum Gasteiger partial charge on any atom is -0.497 e. The number of methoxy groups -OCH3 is 1. The van der Waals surface area contributed by atoms with Crippen LogP contribution in [0.3, 0.4) is 0 Å². The molecule has 2 amide bonds. The lowest BCUT2D eigenvalue weighted by Gasteiger charge is -2.20. The Morgan fingerprint density at radius 3 is 2.46 bits per heavy atom. The minimum atomic E-state index is -0.477. The molecule has 0 fully saturated rings. The van der Waals surface area contributed by atoms with Gasteiger partial charge in [-0.3, -0.25) is 4.98 Å². The van der Waals surface area contributed by atoms with E-state index in [-0.39, 0.29) is 11.1 Å². The molecule has 0 aliphatic carbocycles. The number of halogens is 1. The predicted molar refractivity (Wildman–Crippen MR) is 165 cm³/mol. The van der Waals surface area contributed by atoms with Crippen molar-refractivity contribution in [2.24, 2.45) is 5.41 Å². The average molecular weight is 558 g/mol. The fourth-order valence-corrected chi connectivity index (χ4v) is 4.67. The predicted octanol–water partition coefficient (Wildman–Crippen LogP) is 7.51. The Balaban J connectivity index is 1.59. The van der Waals surface area contributed by atoms with Gasteiger partial charge in [-0.25, -0.2) is 14.2 Å². The van der Waals surface area contributed by atoms with E-state index in [0.717, 1.165) is 56.8 Å². The third kappa shape index (κ3) is 7.51. The molecule has 2 N–H and O–H groups in total. The van der Waals surface area contributed by atoms with Gasteiger partial charge >= 0.3 is 6.03 Å². The van der Waals surface area contributed by atoms with Gasteiger partial charge in [0.1, 0.15) is 17.4 Å². The van der Waals surface area contributed by atoms with Crippen molar-refractivity contribution in [3.8, 4) is 16.9 Å². The third-order valence-corrected chi connectivity index (χ3v) is 7.08. The number of carbonyl (C=O) groups excluding carboxylic acids is 1. The van der Waals surface area contributed by atoms with Crippen LogP contribution in [0.1, 0.15) is 50.9 Å². The number of pyridine rings is 2. The summed E-state index contributed by atoms with van der Waals surface area (Å²) in [4.78, 5) is 24.3. The van der Waals surface area contributed by atoms with Crippen molar-refractivity contribution in [1.82, 2.24) is 15.3 Å². The molecule has 0 bridgehead atoms. The zero-order valence-electron chi connectivity index (χ0n) is 25.1. The first-order valence-corrected chi connectivity index (χ1v) is 14.0. The summed E-state index contributed by atoms with van der Waals surface area (Å²) in [5, 5.41) is 6.39. The standard InChI is InChI=1S/C33H40FN5O2/c1-8-28-26(25-17-30(27(34)15-21(25)2)38-32(40)35-14-13-33(3,4)5)16-23-19-36-31(18-29(23)37-28)39(6)20-22-9-11-24(41-7)12-10-22/h9-12,15-19H,8,13-14,20H2,1-7H3,(H2,35,38,40). The van der Waals surface area contributed by atoms with Gasteiger partial charge in [0.2, 0.25) is 0 Å². The normalized spacial score (nSPS) is 11.4. The van der Waals surface area contributed by atoms with E-state index in [1.807, 2.05) is 50.5 Å². The number of aromatic nitrogens is 2. The van der Waals surface area contributed by atoms with Gasteiger partial charge in [0.25, 0.3) is 0 Å². The van der Waals surface area contributed by atoms with E-state index in [9.17, 15) is 9.18 Å². The van der Waals surface area contributed by atoms with E-state index in [1.54, 1.807) is 13.2 Å². The number of carbonyl (C=O) groups is 1. The summed E-state index contributed by atoms with van der Waals surface area (Å²) in [5.41, 5.74) is 5.59. The molecule has 0 spiro atoms. The van der Waals surface area contributed by atoms with Crippen LogP contribution in [0.2, 0.25) is 0 Å². The van der Waals surface area contributed by atoms with Crippen molar-refractivity contribution < 1.29 is 13.9 Å². The summed E-state index contributed by atoms with van der Waals surface area (Å²) in [6.07, 6.45) is 3.33. The topological polar surface area (TPSA) is 79.4 Å². The van der Waals surface area contributed by atoms with Gasteiger partial charge in [-0.1, -0.05) is 39.8 Å². The number of hydrogen-bond donors (Lipinski definition) is 2. The number of nitrogens with zero attached hydrogens (tertiary/aromatic N) is 3. The maximum absolute atomic E-state index is 14.9. The summed E-state index contributed by atoms with van der Waals surface area (Å²) in [5.74, 6) is 1.17. The number of nitrogens with one attached hydrogen (secondary N) is 2. The fourth-order valence-electron chi connectivity index (χ4n) is 4.67. The first-order valence-electron chi connectivity index (χ1n) is 14.0. The molecule has 0 unspecified atom stereocenters. The second kappa shape index (κ2) is 12.5. The second-order valence-corrected chi connectivity index (χ2v) is 11.6. The highest BCUT2D eigenvalue weighted by molar-refractivity contribution is 5.92. The molecule has 216 valence electrons. The Morgan fingerprint density at radius 2 is 1.80 bits per heavy atom. The first-order chi connectivity index (χ1) is 19.5. The lowest BCUT2D eigenvalue weighted by molar-refractivity contribution is 0.250. The van der Waals surface area contributed by atoms with Gasteiger partial charge in [0.15, 0.2) is 0 Å². The quantitative estimate of drug-likeness (QED) is 0.223. The molecule has 41 heavy (non-hydrogen) atoms. The number of amides is 2. The fraction of sp³-hybridized carbons (Fsp3) is 0.364. The van der Waals surface area contributed by atoms with Crippen molar-refractivity contribution in [1.29, 1.82) is 0 Å². The van der Waals surface area contributed by atoms with E-state index >= 15 is 0 Å². The minimum absolute atomic E-state index is 0.0940. The molecule has 0 saturated carbocycles. The molecule has 0 aliphatic heterocycles. The lowest BCUT2D eigenvalue weighted by Crippen LogP contribution is -2.31. The van der Waals surface area contributed by atoms with E-state index in [0.29, 0.717) is 19.5 Å². The Bertz CT molecular complexity index is 1530. The Kier molecular flexibility index (Phi) is 9.11. The van der Waals surface area contributed by atoms with Crippen molar-refractivity contribution in [3.05, 3.63) is 77.4 Å². The third-order valence-electron chi connectivity index (χ3n) is 7.08. The SMILES string of the molecule is CCc1nc2cc(N(C)Cc3ccc(OC)cc3)ncc2cc1-c1cc(NC(=O)NCCC(C)(C)C)c(F)cc1C. The summed E-state index contributed by atoms with van der Waals surface area (Å²) < 4.78 is 20.1. The molecule has 0 aliphatic rings. The van der Waals surface area contributed by atoms with Crippen LogP contribution in [0, 0.1) is 18.2 Å². The number of ether oxygens (including phenoxy) is 1. The smallest absolute Gasteiger partial charge is 0.319 e. The highest BCUT2D eigenvalue weighted by Gasteiger charge is 2.17. The van der Waals surface area contributed by atoms with Crippen LogP contribution < -0.4 is 20.3 Å². The molecule has 2 aromatic carbocycles. The van der Waals surface area contributed by atoms with Crippen LogP contribution in [0.15, 0.2) is 54.7 Å². The molecule has 4 rings (SSSR count).